The van der Waals surface area contributed by atoms with Crippen molar-refractivity contribution in [3.63, 3.8) is 0 Å². The van der Waals surface area contributed by atoms with Crippen molar-refractivity contribution < 1.29 is 4.74 Å². The molecule has 0 saturated heterocycles. The lowest BCUT2D eigenvalue weighted by Crippen LogP contribution is -2.23. The molecule has 3 N–H and O–H groups in total. The van der Waals surface area contributed by atoms with E-state index >= 15 is 0 Å². The van der Waals surface area contributed by atoms with Crippen LogP contribution in [0.2, 0.25) is 0 Å². The van der Waals surface area contributed by atoms with Gasteiger partial charge in [-0.3, -0.25) is 5.41 Å². The molecule has 0 heterocycles. The normalized spacial score (nSPS) is 10.2. The van der Waals surface area contributed by atoms with Gasteiger partial charge in [0.2, 0.25) is 0 Å². The maximum absolute atomic E-state index is 7.36. The first-order valence-electron chi connectivity index (χ1n) is 5.21. The Labute approximate surface area is 96.5 Å². The van der Waals surface area contributed by atoms with Crippen molar-refractivity contribution in [1.82, 2.24) is 0 Å². The molecule has 0 aromatic heterocycles. The quantitative estimate of drug-likeness (QED) is 0.583. The predicted octanol–water partition coefficient (Wildman–Crippen LogP) is 1.36. The molecule has 0 fully saturated rings. The van der Waals surface area contributed by atoms with Crippen LogP contribution >= 0.6 is 0 Å². The largest absolute Gasteiger partial charge is 0.384 e. The van der Waals surface area contributed by atoms with Gasteiger partial charge in [-0.05, 0) is 30.7 Å². The third kappa shape index (κ3) is 2.97. The van der Waals surface area contributed by atoms with Crippen LogP contribution in [0.5, 0.6) is 0 Å². The molecule has 0 amide bonds. The molecule has 0 aliphatic heterocycles. The molecular weight excluding hydrogens is 202 g/mol. The van der Waals surface area contributed by atoms with Crippen LogP contribution in [0.1, 0.15) is 11.1 Å². The van der Waals surface area contributed by atoms with E-state index < -0.39 is 0 Å². The van der Waals surface area contributed by atoms with Crippen LogP contribution in [0.4, 0.5) is 5.69 Å². The van der Waals surface area contributed by atoms with Gasteiger partial charge >= 0.3 is 0 Å². The fraction of sp³-hybridized carbons (Fsp3) is 0.417. The molecule has 1 rings (SSSR count). The number of aryl methyl sites for hydroxylation is 1. The number of nitrogens with two attached hydrogens (primary N) is 1. The van der Waals surface area contributed by atoms with Crippen molar-refractivity contribution in [2.24, 2.45) is 5.73 Å². The first-order chi connectivity index (χ1) is 7.56. The molecule has 0 saturated carbocycles. The number of hydrogen-bond donors (Lipinski definition) is 2. The number of benzene rings is 1. The highest BCUT2D eigenvalue weighted by Gasteiger charge is 2.06. The molecule has 1 aromatic carbocycles. The van der Waals surface area contributed by atoms with Crippen LogP contribution in [0.3, 0.4) is 0 Å². The molecule has 0 atom stereocenters. The van der Waals surface area contributed by atoms with Gasteiger partial charge in [0.05, 0.1) is 6.61 Å². The molecule has 4 heteroatoms. The van der Waals surface area contributed by atoms with Crippen LogP contribution < -0.4 is 10.6 Å². The molecule has 0 radical (unpaired) electrons. The van der Waals surface area contributed by atoms with Gasteiger partial charge in [0.25, 0.3) is 0 Å². The average Bonchev–Trinajstić information content (AvgIpc) is 2.25. The second-order valence-corrected chi connectivity index (χ2v) is 3.83. The van der Waals surface area contributed by atoms with E-state index in [-0.39, 0.29) is 5.84 Å². The second-order valence-electron chi connectivity index (χ2n) is 3.83. The van der Waals surface area contributed by atoms with Crippen molar-refractivity contribution >= 4 is 11.5 Å². The van der Waals surface area contributed by atoms with E-state index in [1.54, 1.807) is 7.11 Å². The Morgan fingerprint density at radius 2 is 2.19 bits per heavy atom. The number of hydrogen-bond acceptors (Lipinski definition) is 3. The highest BCUT2D eigenvalue weighted by atomic mass is 16.5. The Kier molecular flexibility index (Phi) is 4.31. The summed E-state index contributed by atoms with van der Waals surface area (Å²) in [4.78, 5) is 2.13. The lowest BCUT2D eigenvalue weighted by Gasteiger charge is -2.21. The number of nitrogens with one attached hydrogen (secondary N) is 1. The highest BCUT2D eigenvalue weighted by Crippen LogP contribution is 2.19. The Bertz CT molecular complexity index is 377. The number of nitrogen functional groups attached to an aromatic ring is 1. The minimum atomic E-state index is 0.106. The van der Waals surface area contributed by atoms with E-state index in [9.17, 15) is 0 Å². The second kappa shape index (κ2) is 5.51. The maximum atomic E-state index is 7.36. The van der Waals surface area contributed by atoms with Crippen LogP contribution in [-0.4, -0.2) is 33.1 Å². The first-order valence-corrected chi connectivity index (χ1v) is 5.21. The van der Waals surface area contributed by atoms with Crippen LogP contribution in [0.15, 0.2) is 18.2 Å². The third-order valence-electron chi connectivity index (χ3n) is 2.55. The van der Waals surface area contributed by atoms with Crippen molar-refractivity contribution in [1.29, 1.82) is 5.41 Å². The summed E-state index contributed by atoms with van der Waals surface area (Å²) in [5.74, 6) is 0.106. The van der Waals surface area contributed by atoms with Gasteiger partial charge in [0, 0.05) is 32.0 Å². The van der Waals surface area contributed by atoms with Crippen LogP contribution in [-0.2, 0) is 4.74 Å². The smallest absolute Gasteiger partial charge is 0.122 e. The Morgan fingerprint density at radius 3 is 2.69 bits per heavy atom. The molecular formula is C12H19N3O. The van der Waals surface area contributed by atoms with Crippen molar-refractivity contribution in [3.05, 3.63) is 29.3 Å². The van der Waals surface area contributed by atoms with Crippen molar-refractivity contribution in [2.45, 2.75) is 6.92 Å². The maximum Gasteiger partial charge on any atom is 0.122 e. The standard InChI is InChI=1S/C12H19N3O/c1-9-8-10(12(13)14)4-5-11(9)15(2)6-7-16-3/h4-5,8H,6-7H2,1-3H3,(H3,13,14). The SMILES string of the molecule is COCCN(C)c1ccc(C(=N)N)cc1C. The van der Waals surface area contributed by atoms with Crippen molar-refractivity contribution in [2.75, 3.05) is 32.2 Å². The zero-order chi connectivity index (χ0) is 12.1. The molecule has 4 nitrogen and oxygen atoms in total. The summed E-state index contributed by atoms with van der Waals surface area (Å²) in [5.41, 5.74) is 8.46. The molecule has 0 spiro atoms. The molecule has 0 aliphatic carbocycles. The van der Waals surface area contributed by atoms with Gasteiger partial charge < -0.3 is 15.4 Å². The molecule has 16 heavy (non-hydrogen) atoms. The molecule has 88 valence electrons. The fourth-order valence-electron chi connectivity index (χ4n) is 1.60. The van der Waals surface area contributed by atoms with E-state index in [4.69, 9.17) is 15.9 Å². The topological polar surface area (TPSA) is 62.3 Å². The Balaban J connectivity index is 2.85. The van der Waals surface area contributed by atoms with Gasteiger partial charge in [-0.2, -0.15) is 0 Å². The summed E-state index contributed by atoms with van der Waals surface area (Å²) in [6, 6.07) is 5.79. The summed E-state index contributed by atoms with van der Waals surface area (Å²) >= 11 is 0. The van der Waals surface area contributed by atoms with Crippen molar-refractivity contribution in [3.8, 4) is 0 Å². The van der Waals surface area contributed by atoms with Gasteiger partial charge in [-0.1, -0.05) is 0 Å². The predicted molar refractivity (Wildman–Crippen MR) is 67.3 cm³/mol. The van der Waals surface area contributed by atoms with E-state index in [1.807, 2.05) is 32.2 Å². The third-order valence-corrected chi connectivity index (χ3v) is 2.55. The minimum absolute atomic E-state index is 0.106. The highest BCUT2D eigenvalue weighted by molar-refractivity contribution is 5.95. The van der Waals surface area contributed by atoms with Crippen LogP contribution in [0, 0.1) is 12.3 Å². The van der Waals surface area contributed by atoms with E-state index in [0.29, 0.717) is 6.61 Å². The first kappa shape index (κ1) is 12.5. The number of likely N-dealkylation sites (N-methyl/N-ethyl adjacent to an activating group) is 1. The lowest BCUT2D eigenvalue weighted by molar-refractivity contribution is 0.206. The lowest BCUT2D eigenvalue weighted by atomic mass is 10.1. The molecule has 0 bridgehead atoms. The van der Waals surface area contributed by atoms with Gasteiger partial charge in [-0.15, -0.1) is 0 Å². The molecule has 0 aliphatic rings. The summed E-state index contributed by atoms with van der Waals surface area (Å²) < 4.78 is 5.04. The summed E-state index contributed by atoms with van der Waals surface area (Å²) in [6.07, 6.45) is 0. The number of amidine groups is 1. The number of rotatable bonds is 5. The van der Waals surface area contributed by atoms with E-state index in [2.05, 4.69) is 4.90 Å². The Morgan fingerprint density at radius 1 is 1.50 bits per heavy atom. The van der Waals surface area contributed by atoms with E-state index in [1.165, 1.54) is 0 Å². The average molecular weight is 221 g/mol. The number of anilines is 1. The molecule has 1 aromatic rings. The van der Waals surface area contributed by atoms with Gasteiger partial charge in [-0.25, -0.2) is 0 Å². The fourth-order valence-corrected chi connectivity index (χ4v) is 1.60. The zero-order valence-electron chi connectivity index (χ0n) is 10.1. The van der Waals surface area contributed by atoms with Gasteiger partial charge in [0.15, 0.2) is 0 Å². The van der Waals surface area contributed by atoms with Gasteiger partial charge in [0.1, 0.15) is 5.84 Å². The number of nitrogens with zero attached hydrogens (tertiary/aromatic N) is 1. The monoisotopic (exact) mass is 221 g/mol. The summed E-state index contributed by atoms with van der Waals surface area (Å²) in [5, 5.41) is 7.36. The molecule has 0 unspecified atom stereocenters. The number of ether oxygens (including phenoxy) is 1. The summed E-state index contributed by atoms with van der Waals surface area (Å²) in [7, 11) is 3.72. The van der Waals surface area contributed by atoms with Crippen LogP contribution in [0.25, 0.3) is 0 Å². The number of methoxy groups -OCH3 is 1. The minimum Gasteiger partial charge on any atom is -0.384 e. The summed E-state index contributed by atoms with van der Waals surface area (Å²) in [6.45, 7) is 3.56. The Hall–Kier alpha value is -1.55. The zero-order valence-corrected chi connectivity index (χ0v) is 10.1. The van der Waals surface area contributed by atoms with E-state index in [0.717, 1.165) is 23.4 Å².